The number of hydrogen-bond acceptors (Lipinski definition) is 5. The number of nitrogens with zero attached hydrogens (tertiary/aromatic N) is 1. The summed E-state index contributed by atoms with van der Waals surface area (Å²) in [6.07, 6.45) is 5.37. The van der Waals surface area contributed by atoms with Crippen molar-refractivity contribution in [2.75, 3.05) is 5.32 Å². The van der Waals surface area contributed by atoms with E-state index in [2.05, 4.69) is 10.3 Å². The fraction of sp³-hybridized carbons (Fsp3) is 0.304. The Labute approximate surface area is 177 Å². The molecule has 5 rings (SSSR count). The molecular weight excluding hydrogens is 403 g/mol. The molecule has 0 bridgehead atoms. The van der Waals surface area contributed by atoms with E-state index in [1.165, 1.54) is 29.9 Å². The van der Waals surface area contributed by atoms with Gasteiger partial charge in [0.25, 0.3) is 5.79 Å². The van der Waals surface area contributed by atoms with Crippen LogP contribution in [0.4, 0.5) is 10.1 Å². The fourth-order valence-corrected chi connectivity index (χ4v) is 4.77. The van der Waals surface area contributed by atoms with Crippen molar-refractivity contribution in [2.24, 2.45) is 0 Å². The molecule has 2 aromatic carbocycles. The second kappa shape index (κ2) is 7.72. The second-order valence-electron chi connectivity index (χ2n) is 7.71. The highest BCUT2D eigenvalue weighted by molar-refractivity contribution is 7.13. The number of carbonyl (C=O) groups excluding carboxylic acids is 1. The Morgan fingerprint density at radius 1 is 1.07 bits per heavy atom. The maximum atomic E-state index is 13.1. The highest BCUT2D eigenvalue weighted by Crippen LogP contribution is 2.46. The van der Waals surface area contributed by atoms with Gasteiger partial charge in [0.2, 0.25) is 5.91 Å². The van der Waals surface area contributed by atoms with Gasteiger partial charge in [0.15, 0.2) is 11.5 Å². The number of carbonyl (C=O) groups is 1. The lowest BCUT2D eigenvalue weighted by Gasteiger charge is -2.31. The normalized spacial score (nSPS) is 16.6. The highest BCUT2D eigenvalue weighted by Gasteiger charge is 2.42. The molecule has 1 aliphatic carbocycles. The van der Waals surface area contributed by atoms with Crippen LogP contribution in [0.5, 0.6) is 11.5 Å². The molecule has 1 fully saturated rings. The van der Waals surface area contributed by atoms with Gasteiger partial charge in [-0.2, -0.15) is 0 Å². The molecule has 2 aliphatic rings. The zero-order valence-corrected chi connectivity index (χ0v) is 17.1. The zero-order valence-electron chi connectivity index (χ0n) is 16.3. The summed E-state index contributed by atoms with van der Waals surface area (Å²) in [6, 6.07) is 11.7. The van der Waals surface area contributed by atoms with Crippen LogP contribution >= 0.6 is 11.3 Å². The van der Waals surface area contributed by atoms with E-state index in [4.69, 9.17) is 9.47 Å². The molecule has 1 amide bonds. The fourth-order valence-electron chi connectivity index (χ4n) is 3.95. The number of fused-ring (bicyclic) bond motifs is 1. The highest BCUT2D eigenvalue weighted by atomic mass is 32.1. The lowest BCUT2D eigenvalue weighted by molar-refractivity contribution is -0.115. The third-order valence-corrected chi connectivity index (χ3v) is 6.36. The molecule has 7 heteroatoms. The van der Waals surface area contributed by atoms with Gasteiger partial charge in [0.1, 0.15) is 10.8 Å². The summed E-state index contributed by atoms with van der Waals surface area (Å²) in [6.45, 7) is 0. The standard InChI is InChI=1S/C23H21FN2O3S/c24-16-6-4-15(5-7-16)22-26-18(14-30-22)13-21(27)25-17-8-9-19-20(12-17)29-23(28-19)10-2-1-3-11-23/h4-9,12,14H,1-3,10-11,13H2,(H,25,27). The van der Waals surface area contributed by atoms with E-state index in [1.54, 1.807) is 12.1 Å². The number of nitrogens with one attached hydrogen (secondary N) is 1. The molecule has 3 aromatic rings. The van der Waals surface area contributed by atoms with Gasteiger partial charge in [-0.1, -0.05) is 6.42 Å². The van der Waals surface area contributed by atoms with Crippen molar-refractivity contribution in [1.82, 2.24) is 4.98 Å². The molecule has 154 valence electrons. The van der Waals surface area contributed by atoms with Crippen molar-refractivity contribution < 1.29 is 18.7 Å². The monoisotopic (exact) mass is 424 g/mol. The molecule has 5 nitrogen and oxygen atoms in total. The van der Waals surface area contributed by atoms with Gasteiger partial charge in [-0.05, 0) is 49.2 Å². The number of ether oxygens (including phenoxy) is 2. The molecule has 30 heavy (non-hydrogen) atoms. The summed E-state index contributed by atoms with van der Waals surface area (Å²) in [5, 5.41) is 5.52. The molecule has 0 saturated heterocycles. The minimum Gasteiger partial charge on any atom is -0.448 e. The van der Waals surface area contributed by atoms with Crippen molar-refractivity contribution in [2.45, 2.75) is 44.3 Å². The minimum atomic E-state index is -0.527. The first-order valence-electron chi connectivity index (χ1n) is 10.1. The van der Waals surface area contributed by atoms with Gasteiger partial charge >= 0.3 is 0 Å². The van der Waals surface area contributed by atoms with Crippen LogP contribution in [0.2, 0.25) is 0 Å². The summed E-state index contributed by atoms with van der Waals surface area (Å²) >= 11 is 1.44. The van der Waals surface area contributed by atoms with Gasteiger partial charge in [-0.3, -0.25) is 4.79 Å². The number of hydrogen-bond donors (Lipinski definition) is 1. The molecule has 0 unspecified atom stereocenters. The first kappa shape index (κ1) is 19.1. The number of halogens is 1. The van der Waals surface area contributed by atoms with Crippen molar-refractivity contribution in [3.8, 4) is 22.1 Å². The number of aromatic nitrogens is 1. The number of anilines is 1. The van der Waals surface area contributed by atoms with E-state index in [1.807, 2.05) is 23.6 Å². The molecule has 2 heterocycles. The van der Waals surface area contributed by atoms with Crippen molar-refractivity contribution in [1.29, 1.82) is 0 Å². The van der Waals surface area contributed by atoms with Crippen molar-refractivity contribution >= 4 is 22.9 Å². The summed E-state index contributed by atoms with van der Waals surface area (Å²) < 4.78 is 25.3. The Morgan fingerprint density at radius 2 is 1.83 bits per heavy atom. The Balaban J connectivity index is 1.23. The van der Waals surface area contributed by atoms with Crippen LogP contribution in [0.15, 0.2) is 47.8 Å². The smallest absolute Gasteiger partial charge is 0.251 e. The number of amides is 1. The zero-order chi connectivity index (χ0) is 20.6. The summed E-state index contributed by atoms with van der Waals surface area (Å²) in [7, 11) is 0. The quantitative estimate of drug-likeness (QED) is 0.595. The summed E-state index contributed by atoms with van der Waals surface area (Å²) in [5.41, 5.74) is 2.18. The van der Waals surface area contributed by atoms with Gasteiger partial charge < -0.3 is 14.8 Å². The average molecular weight is 424 g/mol. The third-order valence-electron chi connectivity index (χ3n) is 5.42. The Hall–Kier alpha value is -2.93. The first-order valence-corrected chi connectivity index (χ1v) is 11.0. The van der Waals surface area contributed by atoms with Crippen LogP contribution in [0, 0.1) is 5.82 Å². The predicted molar refractivity (Wildman–Crippen MR) is 113 cm³/mol. The summed E-state index contributed by atoms with van der Waals surface area (Å²) in [4.78, 5) is 17.0. The van der Waals surface area contributed by atoms with Gasteiger partial charge in [0.05, 0.1) is 12.1 Å². The van der Waals surface area contributed by atoms with E-state index in [0.29, 0.717) is 17.1 Å². The van der Waals surface area contributed by atoms with Crippen LogP contribution in [0.3, 0.4) is 0 Å². The third kappa shape index (κ3) is 3.89. The topological polar surface area (TPSA) is 60.5 Å². The van der Waals surface area contributed by atoms with Crippen LogP contribution in [0.25, 0.3) is 10.6 Å². The van der Waals surface area contributed by atoms with E-state index in [-0.39, 0.29) is 18.1 Å². The molecule has 0 atom stereocenters. The Morgan fingerprint density at radius 3 is 2.63 bits per heavy atom. The lowest BCUT2D eigenvalue weighted by Crippen LogP contribution is -2.40. The maximum absolute atomic E-state index is 13.1. The average Bonchev–Trinajstić information content (AvgIpc) is 3.33. The SMILES string of the molecule is O=C(Cc1csc(-c2ccc(F)cc2)n1)Nc1ccc2c(c1)OC1(CCCCC1)O2. The maximum Gasteiger partial charge on any atom is 0.251 e. The van der Waals surface area contributed by atoms with E-state index in [9.17, 15) is 9.18 Å². The van der Waals surface area contributed by atoms with Gasteiger partial charge in [0, 0.05) is 35.5 Å². The molecule has 1 aliphatic heterocycles. The van der Waals surface area contributed by atoms with E-state index in [0.717, 1.165) is 42.0 Å². The number of benzene rings is 2. The first-order chi connectivity index (χ1) is 14.6. The largest absolute Gasteiger partial charge is 0.448 e. The number of rotatable bonds is 4. The predicted octanol–water partition coefficient (Wildman–Crippen LogP) is 5.56. The second-order valence-corrected chi connectivity index (χ2v) is 8.57. The molecular formula is C23H21FN2O3S. The molecule has 0 radical (unpaired) electrons. The lowest BCUT2D eigenvalue weighted by atomic mass is 9.94. The van der Waals surface area contributed by atoms with Gasteiger partial charge in [-0.15, -0.1) is 11.3 Å². The molecule has 1 spiro atoms. The minimum absolute atomic E-state index is 0.155. The molecule has 1 saturated carbocycles. The van der Waals surface area contributed by atoms with E-state index < -0.39 is 5.79 Å². The molecule has 1 aromatic heterocycles. The Kier molecular flexibility index (Phi) is 4.90. The van der Waals surface area contributed by atoms with E-state index >= 15 is 0 Å². The molecule has 1 N–H and O–H groups in total. The van der Waals surface area contributed by atoms with Crippen molar-refractivity contribution in [3.05, 3.63) is 59.4 Å². The van der Waals surface area contributed by atoms with Crippen LogP contribution in [-0.2, 0) is 11.2 Å². The van der Waals surface area contributed by atoms with Crippen molar-refractivity contribution in [3.63, 3.8) is 0 Å². The van der Waals surface area contributed by atoms with Crippen LogP contribution in [0.1, 0.15) is 37.8 Å². The van der Waals surface area contributed by atoms with Gasteiger partial charge in [-0.25, -0.2) is 9.37 Å². The van der Waals surface area contributed by atoms with Crippen LogP contribution in [-0.4, -0.2) is 16.7 Å². The number of thiazole rings is 1. The van der Waals surface area contributed by atoms with Crippen LogP contribution < -0.4 is 14.8 Å². The Bertz CT molecular complexity index is 1070. The summed E-state index contributed by atoms with van der Waals surface area (Å²) in [5.74, 6) is 0.450.